The summed E-state index contributed by atoms with van der Waals surface area (Å²) in [5, 5.41) is 11.3. The van der Waals surface area contributed by atoms with Crippen molar-refractivity contribution < 1.29 is 24.2 Å². The number of aryl methyl sites for hydroxylation is 2. The molecule has 1 saturated heterocycles. The maximum Gasteiger partial charge on any atom is 0.295 e. The van der Waals surface area contributed by atoms with Crippen molar-refractivity contribution in [3.05, 3.63) is 83.4 Å². The average Bonchev–Trinajstić information content (AvgIpc) is 3.52. The summed E-state index contributed by atoms with van der Waals surface area (Å²) in [6.07, 6.45) is 7.81. The molecule has 1 fully saturated rings. The number of Topliss-reactive ketones (excluding diaryl/α,β-unsaturated/α-hetero) is 1. The lowest BCUT2D eigenvalue weighted by atomic mass is 9.94. The number of aliphatic hydroxyl groups excluding tert-OH is 1. The van der Waals surface area contributed by atoms with Gasteiger partial charge >= 0.3 is 0 Å². The molecule has 0 radical (unpaired) electrons. The van der Waals surface area contributed by atoms with Crippen LogP contribution >= 0.6 is 0 Å². The van der Waals surface area contributed by atoms with Crippen molar-refractivity contribution in [3.8, 4) is 11.5 Å². The normalized spacial score (nSPS) is 16.7. The summed E-state index contributed by atoms with van der Waals surface area (Å²) < 4.78 is 13.7. The molecule has 1 unspecified atom stereocenters. The van der Waals surface area contributed by atoms with E-state index < -0.39 is 17.7 Å². The molecule has 8 nitrogen and oxygen atoms in total. The van der Waals surface area contributed by atoms with E-state index in [1.807, 2.05) is 54.9 Å². The van der Waals surface area contributed by atoms with E-state index in [1.165, 1.54) is 0 Å². The Bertz CT molecular complexity index is 1280. The van der Waals surface area contributed by atoms with Gasteiger partial charge in [0, 0.05) is 31.0 Å². The first kappa shape index (κ1) is 27.0. The lowest BCUT2D eigenvalue weighted by Crippen LogP contribution is -2.31. The molecule has 200 valence electrons. The number of amides is 1. The molecule has 0 aliphatic carbocycles. The summed E-state index contributed by atoms with van der Waals surface area (Å²) in [4.78, 5) is 32.2. The van der Waals surface area contributed by atoms with Crippen LogP contribution in [0.4, 0.5) is 0 Å². The van der Waals surface area contributed by atoms with E-state index >= 15 is 0 Å². The van der Waals surface area contributed by atoms with Gasteiger partial charge in [0.25, 0.3) is 11.7 Å². The number of carbonyl (C=O) groups is 2. The van der Waals surface area contributed by atoms with Crippen LogP contribution in [0.1, 0.15) is 55.8 Å². The zero-order valence-electron chi connectivity index (χ0n) is 22.2. The van der Waals surface area contributed by atoms with E-state index in [9.17, 15) is 14.7 Å². The van der Waals surface area contributed by atoms with Crippen LogP contribution in [0.2, 0.25) is 0 Å². The molecule has 0 saturated carbocycles. The molecular weight excluding hydrogens is 482 g/mol. The summed E-state index contributed by atoms with van der Waals surface area (Å²) in [6, 6.07) is 11.9. The molecule has 1 N–H and O–H groups in total. The third-order valence-electron chi connectivity index (χ3n) is 6.58. The molecule has 4 rings (SSSR count). The van der Waals surface area contributed by atoms with Gasteiger partial charge in [-0.3, -0.25) is 9.59 Å². The highest BCUT2D eigenvalue weighted by Crippen LogP contribution is 2.42. The minimum Gasteiger partial charge on any atom is -0.507 e. The standard InChI is InChI=1S/C30H35N3O5/c1-4-6-18-38-24-13-12-23(19-25(24)37-5-2)27-26(28(34)22-10-8-21(3)9-11-22)29(35)30(36)33(27)16-7-15-32-17-14-31-20-32/h8-14,17,19-20,27,34H,4-7,15-16,18H2,1-3H3. The van der Waals surface area contributed by atoms with E-state index in [-0.39, 0.29) is 11.3 Å². The van der Waals surface area contributed by atoms with Gasteiger partial charge in [0.15, 0.2) is 11.5 Å². The molecular formula is C30H35N3O5. The number of aliphatic hydroxyl groups is 1. The van der Waals surface area contributed by atoms with Crippen LogP contribution in [0.5, 0.6) is 11.5 Å². The van der Waals surface area contributed by atoms with E-state index in [0.717, 1.165) is 18.4 Å². The Morgan fingerprint density at radius 3 is 2.47 bits per heavy atom. The van der Waals surface area contributed by atoms with E-state index in [2.05, 4.69) is 11.9 Å². The van der Waals surface area contributed by atoms with Crippen molar-refractivity contribution in [2.24, 2.45) is 0 Å². The number of hydrogen-bond donors (Lipinski definition) is 1. The molecule has 2 heterocycles. The molecule has 38 heavy (non-hydrogen) atoms. The van der Waals surface area contributed by atoms with Gasteiger partial charge in [-0.15, -0.1) is 0 Å². The maximum absolute atomic E-state index is 13.3. The molecule has 1 aromatic heterocycles. The molecule has 2 aromatic carbocycles. The molecule has 1 aliphatic rings. The number of aromatic nitrogens is 2. The monoisotopic (exact) mass is 517 g/mol. The maximum atomic E-state index is 13.3. The first-order chi connectivity index (χ1) is 18.4. The number of likely N-dealkylation sites (tertiary alicyclic amines) is 1. The number of unbranched alkanes of at least 4 members (excludes halogenated alkanes) is 1. The first-order valence-corrected chi connectivity index (χ1v) is 13.1. The number of imidazole rings is 1. The molecule has 0 spiro atoms. The first-order valence-electron chi connectivity index (χ1n) is 13.1. The largest absolute Gasteiger partial charge is 0.507 e. The summed E-state index contributed by atoms with van der Waals surface area (Å²) in [7, 11) is 0. The molecule has 1 aliphatic heterocycles. The van der Waals surface area contributed by atoms with E-state index in [4.69, 9.17) is 9.47 Å². The van der Waals surface area contributed by atoms with E-state index in [0.29, 0.717) is 55.4 Å². The molecule has 3 aromatic rings. The second-order valence-corrected chi connectivity index (χ2v) is 9.35. The smallest absolute Gasteiger partial charge is 0.295 e. The highest BCUT2D eigenvalue weighted by Gasteiger charge is 2.46. The quantitative estimate of drug-likeness (QED) is 0.152. The van der Waals surface area contributed by atoms with Gasteiger partial charge in [-0.1, -0.05) is 49.2 Å². The van der Waals surface area contributed by atoms with Gasteiger partial charge in [-0.2, -0.15) is 0 Å². The Morgan fingerprint density at radius 1 is 1.00 bits per heavy atom. The van der Waals surface area contributed by atoms with Crippen LogP contribution in [0.15, 0.2) is 66.8 Å². The van der Waals surface area contributed by atoms with Crippen molar-refractivity contribution in [2.45, 2.75) is 52.6 Å². The highest BCUT2D eigenvalue weighted by molar-refractivity contribution is 6.46. The fourth-order valence-electron chi connectivity index (χ4n) is 4.58. The predicted molar refractivity (Wildman–Crippen MR) is 145 cm³/mol. The topological polar surface area (TPSA) is 93.9 Å². The van der Waals surface area contributed by atoms with E-state index in [1.54, 1.807) is 29.6 Å². The number of benzene rings is 2. The van der Waals surface area contributed by atoms with Gasteiger partial charge < -0.3 is 24.0 Å². The molecule has 0 bridgehead atoms. The minimum absolute atomic E-state index is 0.0728. The summed E-state index contributed by atoms with van der Waals surface area (Å²) in [5.41, 5.74) is 2.26. The minimum atomic E-state index is -0.761. The Kier molecular flexibility index (Phi) is 8.84. The van der Waals surface area contributed by atoms with Crippen molar-refractivity contribution in [1.29, 1.82) is 0 Å². The Hall–Kier alpha value is -4.07. The molecule has 8 heteroatoms. The zero-order chi connectivity index (χ0) is 27.1. The van der Waals surface area contributed by atoms with Crippen molar-refractivity contribution in [1.82, 2.24) is 14.5 Å². The van der Waals surface area contributed by atoms with Gasteiger partial charge in [0.05, 0.1) is 31.2 Å². The number of carbonyl (C=O) groups excluding carboxylic acids is 2. The van der Waals surface area contributed by atoms with Crippen LogP contribution in [-0.2, 0) is 16.1 Å². The SMILES string of the molecule is CCCCOc1ccc(C2C(=C(O)c3ccc(C)cc3)C(=O)C(=O)N2CCCn2ccnc2)cc1OCC. The lowest BCUT2D eigenvalue weighted by molar-refractivity contribution is -0.139. The Balaban J connectivity index is 1.75. The van der Waals surface area contributed by atoms with Gasteiger partial charge in [0.1, 0.15) is 5.76 Å². The fourth-order valence-corrected chi connectivity index (χ4v) is 4.58. The number of nitrogens with zero attached hydrogens (tertiary/aromatic N) is 3. The third kappa shape index (κ3) is 5.90. The van der Waals surface area contributed by atoms with Crippen LogP contribution in [0.3, 0.4) is 0 Å². The average molecular weight is 518 g/mol. The number of ether oxygens (including phenoxy) is 2. The zero-order valence-corrected chi connectivity index (χ0v) is 22.2. The number of rotatable bonds is 12. The second-order valence-electron chi connectivity index (χ2n) is 9.35. The molecule has 1 amide bonds. The third-order valence-corrected chi connectivity index (χ3v) is 6.58. The number of ketones is 1. The van der Waals surface area contributed by atoms with Crippen LogP contribution in [-0.4, -0.2) is 51.0 Å². The lowest BCUT2D eigenvalue weighted by Gasteiger charge is -2.26. The van der Waals surface area contributed by atoms with Crippen LogP contribution in [0, 0.1) is 6.92 Å². The van der Waals surface area contributed by atoms with Crippen molar-refractivity contribution in [2.75, 3.05) is 19.8 Å². The summed E-state index contributed by atoms with van der Waals surface area (Å²) in [6.45, 7) is 7.90. The van der Waals surface area contributed by atoms with Crippen molar-refractivity contribution >= 4 is 17.4 Å². The van der Waals surface area contributed by atoms with Gasteiger partial charge in [-0.05, 0) is 44.4 Å². The Labute approximate surface area is 223 Å². The van der Waals surface area contributed by atoms with Crippen LogP contribution in [0.25, 0.3) is 5.76 Å². The van der Waals surface area contributed by atoms with Gasteiger partial charge in [-0.25, -0.2) is 4.98 Å². The second kappa shape index (κ2) is 12.4. The summed E-state index contributed by atoms with van der Waals surface area (Å²) in [5.74, 6) is -0.362. The van der Waals surface area contributed by atoms with Crippen LogP contribution < -0.4 is 9.47 Å². The fraction of sp³-hybridized carbons (Fsp3) is 0.367. The predicted octanol–water partition coefficient (Wildman–Crippen LogP) is 5.28. The molecule has 1 atom stereocenters. The summed E-state index contributed by atoms with van der Waals surface area (Å²) >= 11 is 0. The highest BCUT2D eigenvalue weighted by atomic mass is 16.5. The Morgan fingerprint density at radius 2 is 1.79 bits per heavy atom. The van der Waals surface area contributed by atoms with Gasteiger partial charge in [0.2, 0.25) is 0 Å². The number of hydrogen-bond acceptors (Lipinski definition) is 6. The van der Waals surface area contributed by atoms with Crippen molar-refractivity contribution in [3.63, 3.8) is 0 Å².